The summed E-state index contributed by atoms with van der Waals surface area (Å²) in [5, 5.41) is 16.7. The minimum absolute atomic E-state index is 0.00283. The number of fused-ring (bicyclic) bond motifs is 7. The fraction of sp³-hybridized carbons (Fsp3) is 0.766. The van der Waals surface area contributed by atoms with Crippen molar-refractivity contribution in [2.24, 2.45) is 68.0 Å². The molecule has 0 bridgehead atoms. The molecule has 7 nitrogen and oxygen atoms in total. The van der Waals surface area contributed by atoms with Gasteiger partial charge in [-0.3, -0.25) is 4.79 Å². The molecule has 1 aromatic carbocycles. The molecule has 11 atom stereocenters. The van der Waals surface area contributed by atoms with Crippen molar-refractivity contribution in [3.05, 3.63) is 41.5 Å². The van der Waals surface area contributed by atoms with E-state index >= 15 is 0 Å². The van der Waals surface area contributed by atoms with Crippen LogP contribution >= 0.6 is 0 Å². The number of carbonyl (C=O) groups is 3. The average molecular weight is 740 g/mol. The molecule has 3 N–H and O–H groups in total. The molecule has 7 aliphatic rings. The molecular weight excluding hydrogens is 671 g/mol. The van der Waals surface area contributed by atoms with Gasteiger partial charge in [0.25, 0.3) is 0 Å². The number of nitrogens with zero attached hydrogens (tertiary/aromatic N) is 1. The molecule has 6 fully saturated rings. The lowest BCUT2D eigenvalue weighted by Gasteiger charge is -2.72. The maximum absolute atomic E-state index is 14.1. The van der Waals surface area contributed by atoms with Crippen molar-refractivity contribution < 1.29 is 19.5 Å². The topological polar surface area (TPSA) is 98.7 Å². The van der Waals surface area contributed by atoms with E-state index < -0.39 is 5.97 Å². The highest BCUT2D eigenvalue weighted by atomic mass is 16.4. The lowest BCUT2D eigenvalue weighted by atomic mass is 9.32. The highest BCUT2D eigenvalue weighted by Crippen LogP contribution is 2.78. The number of urea groups is 1. The van der Waals surface area contributed by atoms with Crippen LogP contribution in [-0.4, -0.2) is 53.6 Å². The van der Waals surface area contributed by atoms with Crippen molar-refractivity contribution in [2.45, 2.75) is 144 Å². The van der Waals surface area contributed by atoms with Crippen LogP contribution in [0.3, 0.4) is 0 Å². The van der Waals surface area contributed by atoms with E-state index in [1.165, 1.54) is 62.5 Å². The Kier molecular flexibility index (Phi) is 8.52. The first kappa shape index (κ1) is 38.1. The molecule has 0 heterocycles. The van der Waals surface area contributed by atoms with E-state index in [2.05, 4.69) is 72.1 Å². The van der Waals surface area contributed by atoms with Gasteiger partial charge < -0.3 is 20.6 Å². The van der Waals surface area contributed by atoms with Crippen molar-refractivity contribution in [3.8, 4) is 0 Å². The molecule has 7 heteroatoms. The van der Waals surface area contributed by atoms with Gasteiger partial charge in [-0.2, -0.15) is 0 Å². The number of rotatable bonds is 6. The normalized spacial score (nSPS) is 43.4. The molecule has 0 aliphatic heterocycles. The van der Waals surface area contributed by atoms with Gasteiger partial charge in [0.05, 0.1) is 5.56 Å². The molecule has 6 saturated carbocycles. The highest BCUT2D eigenvalue weighted by molar-refractivity contribution is 5.88. The van der Waals surface area contributed by atoms with Crippen molar-refractivity contribution in [3.63, 3.8) is 0 Å². The number of carbonyl (C=O) groups excluding carboxylic acids is 2. The maximum Gasteiger partial charge on any atom is 0.335 e. The molecule has 7 aliphatic carbocycles. The Bertz CT molecular complexity index is 1760. The maximum atomic E-state index is 14.1. The Balaban J connectivity index is 1.06. The summed E-state index contributed by atoms with van der Waals surface area (Å²) in [6.07, 6.45) is 16.5. The number of benzene rings is 1. The van der Waals surface area contributed by atoms with Crippen LogP contribution in [0.2, 0.25) is 0 Å². The lowest BCUT2D eigenvalue weighted by Crippen LogP contribution is -2.70. The third-order valence-corrected chi connectivity index (χ3v) is 19.1. The standard InChI is InChI=1S/C47H69N3O4/c1-41(2)30(28-11-13-29(14-12-28)39(52)53)17-20-44(6)34(41)19-21-46(8)35(44)16-15-32-37-31(43(5)23-24-43)18-22-47(37,26-25-45(32,46)7)49-40(54)48-36-27-33(42(36,3)4)38(51)50(9)10/h11-14,17,31-37H,15-16,18-27H2,1-10H3,(H,52,53)(H2,48,49,54)/t31-,32-,33-,34+,35-,36-,37-,44+,45-,46-,47+/m1/s1. The van der Waals surface area contributed by atoms with E-state index in [9.17, 15) is 19.5 Å². The van der Waals surface area contributed by atoms with Crippen LogP contribution in [0, 0.1) is 68.0 Å². The molecule has 54 heavy (non-hydrogen) atoms. The second kappa shape index (κ2) is 12.1. The third kappa shape index (κ3) is 5.20. The minimum Gasteiger partial charge on any atom is -0.478 e. The van der Waals surface area contributed by atoms with Crippen LogP contribution in [0.4, 0.5) is 4.79 Å². The van der Waals surface area contributed by atoms with Crippen molar-refractivity contribution >= 4 is 23.5 Å². The second-order valence-electron chi connectivity index (χ2n) is 22.1. The van der Waals surface area contributed by atoms with Gasteiger partial charge in [0.2, 0.25) is 5.91 Å². The Morgan fingerprint density at radius 2 is 1.44 bits per heavy atom. The van der Waals surface area contributed by atoms with E-state index in [4.69, 9.17) is 0 Å². The van der Waals surface area contributed by atoms with E-state index in [1.807, 2.05) is 26.2 Å². The number of carboxylic acid groups (broad SMARTS) is 1. The summed E-state index contributed by atoms with van der Waals surface area (Å²) in [6.45, 7) is 19.8. The second-order valence-corrected chi connectivity index (χ2v) is 22.1. The zero-order valence-electron chi connectivity index (χ0n) is 35.0. The summed E-state index contributed by atoms with van der Waals surface area (Å²) >= 11 is 0. The van der Waals surface area contributed by atoms with Crippen LogP contribution in [0.5, 0.6) is 0 Å². The van der Waals surface area contributed by atoms with Crippen LogP contribution < -0.4 is 10.6 Å². The van der Waals surface area contributed by atoms with Crippen molar-refractivity contribution in [2.75, 3.05) is 14.1 Å². The number of allylic oxidation sites excluding steroid dienone is 2. The van der Waals surface area contributed by atoms with E-state index in [-0.39, 0.29) is 56.5 Å². The SMILES string of the molecule is CN(C)C(=O)[C@H]1C[C@@H](NC(=O)N[C@]23CC[C@@H](C4(C)CC4)[C@@H]2[C@H]2CC[C@@H]4[C@@]5(C)CC=C(c6ccc(C(=O)O)cc6)C(C)(C)[C@@H]5CC[C@@]4(C)[C@]2(C)CC3)C1(C)C. The number of aromatic carboxylic acids is 1. The Labute approximate surface area is 325 Å². The Hall–Kier alpha value is -2.83. The van der Waals surface area contributed by atoms with Crippen LogP contribution in [0.15, 0.2) is 30.3 Å². The van der Waals surface area contributed by atoms with E-state index in [1.54, 1.807) is 17.0 Å². The largest absolute Gasteiger partial charge is 0.478 e. The predicted octanol–water partition coefficient (Wildman–Crippen LogP) is 9.81. The Morgan fingerprint density at radius 1 is 0.759 bits per heavy atom. The fourth-order valence-electron chi connectivity index (χ4n) is 15.4. The quantitative estimate of drug-likeness (QED) is 0.271. The molecule has 8 rings (SSSR count). The fourth-order valence-corrected chi connectivity index (χ4v) is 15.4. The highest BCUT2D eigenvalue weighted by Gasteiger charge is 2.72. The molecule has 3 amide bonds. The van der Waals surface area contributed by atoms with E-state index in [0.29, 0.717) is 47.0 Å². The number of amides is 3. The summed E-state index contributed by atoms with van der Waals surface area (Å²) in [4.78, 5) is 40.3. The first-order chi connectivity index (χ1) is 25.1. The molecule has 296 valence electrons. The molecule has 0 radical (unpaired) electrons. The minimum atomic E-state index is -0.874. The third-order valence-electron chi connectivity index (χ3n) is 19.1. The molecular formula is C47H69N3O4. The van der Waals surface area contributed by atoms with Crippen molar-refractivity contribution in [1.82, 2.24) is 15.5 Å². The van der Waals surface area contributed by atoms with Gasteiger partial charge in [-0.25, -0.2) is 9.59 Å². The van der Waals surface area contributed by atoms with Gasteiger partial charge >= 0.3 is 12.0 Å². The summed E-state index contributed by atoms with van der Waals surface area (Å²) in [5.41, 5.74) is 3.48. The molecule has 0 spiro atoms. The van der Waals surface area contributed by atoms with Gasteiger partial charge in [-0.05, 0) is 162 Å². The average Bonchev–Trinajstić information content (AvgIpc) is 3.73. The van der Waals surface area contributed by atoms with Gasteiger partial charge in [-0.1, -0.05) is 73.6 Å². The van der Waals surface area contributed by atoms with Crippen LogP contribution in [0.1, 0.15) is 148 Å². The summed E-state index contributed by atoms with van der Waals surface area (Å²) in [6, 6.07) is 7.56. The zero-order chi connectivity index (χ0) is 39.0. The van der Waals surface area contributed by atoms with Crippen LogP contribution in [0.25, 0.3) is 5.57 Å². The van der Waals surface area contributed by atoms with Gasteiger partial charge in [0.15, 0.2) is 0 Å². The number of hydrogen-bond acceptors (Lipinski definition) is 3. The molecule has 1 aromatic rings. The van der Waals surface area contributed by atoms with Crippen LogP contribution in [-0.2, 0) is 4.79 Å². The van der Waals surface area contributed by atoms with Crippen molar-refractivity contribution in [1.29, 1.82) is 0 Å². The van der Waals surface area contributed by atoms with Gasteiger partial charge in [-0.15, -0.1) is 0 Å². The number of nitrogens with one attached hydrogen (secondary N) is 2. The molecule has 0 saturated heterocycles. The zero-order valence-corrected chi connectivity index (χ0v) is 35.0. The Morgan fingerprint density at radius 3 is 2.06 bits per heavy atom. The smallest absolute Gasteiger partial charge is 0.335 e. The lowest BCUT2D eigenvalue weighted by molar-refractivity contribution is -0.221. The summed E-state index contributed by atoms with van der Waals surface area (Å²) < 4.78 is 0. The number of carboxylic acids is 1. The monoisotopic (exact) mass is 740 g/mol. The first-order valence-corrected chi connectivity index (χ1v) is 21.5. The number of hydrogen-bond donors (Lipinski definition) is 3. The molecule has 0 unspecified atom stereocenters. The summed E-state index contributed by atoms with van der Waals surface area (Å²) in [5.74, 6) is 2.17. The first-order valence-electron chi connectivity index (χ1n) is 21.5. The van der Waals surface area contributed by atoms with Gasteiger partial charge in [0, 0.05) is 31.6 Å². The van der Waals surface area contributed by atoms with Gasteiger partial charge in [0.1, 0.15) is 0 Å². The molecule has 0 aromatic heterocycles. The summed E-state index contributed by atoms with van der Waals surface area (Å²) in [7, 11) is 3.66. The predicted molar refractivity (Wildman–Crippen MR) is 215 cm³/mol. The van der Waals surface area contributed by atoms with E-state index in [0.717, 1.165) is 19.3 Å².